The topological polar surface area (TPSA) is 21.3 Å². The van der Waals surface area contributed by atoms with Crippen molar-refractivity contribution >= 4 is 0 Å². The summed E-state index contributed by atoms with van der Waals surface area (Å²) in [6.45, 7) is 7.27. The Balaban J connectivity index is 2.03. The molecule has 0 spiro atoms. The second-order valence-electron chi connectivity index (χ2n) is 6.20. The maximum absolute atomic E-state index is 13.5. The molecule has 112 valence electrons. The van der Waals surface area contributed by atoms with E-state index < -0.39 is 0 Å². The predicted molar refractivity (Wildman–Crippen MR) is 80.5 cm³/mol. The molecule has 0 aliphatic carbocycles. The zero-order chi connectivity index (χ0) is 14.5. The number of halogens is 1. The molecule has 3 unspecified atom stereocenters. The Morgan fingerprint density at radius 1 is 1.35 bits per heavy atom. The molecule has 1 saturated heterocycles. The van der Waals surface area contributed by atoms with Gasteiger partial charge >= 0.3 is 0 Å². The van der Waals surface area contributed by atoms with Gasteiger partial charge in [-0.25, -0.2) is 4.39 Å². The van der Waals surface area contributed by atoms with Crippen LogP contribution in [0.1, 0.15) is 51.5 Å². The third kappa shape index (κ3) is 4.57. The van der Waals surface area contributed by atoms with Crippen LogP contribution in [0.2, 0.25) is 0 Å². The normalized spacial score (nSPS) is 24.2. The first-order valence-electron chi connectivity index (χ1n) is 7.69. The van der Waals surface area contributed by atoms with Crippen LogP contribution in [-0.2, 0) is 4.74 Å². The van der Waals surface area contributed by atoms with Crippen LogP contribution in [0.5, 0.6) is 0 Å². The summed E-state index contributed by atoms with van der Waals surface area (Å²) < 4.78 is 19.4. The lowest BCUT2D eigenvalue weighted by atomic mass is 9.91. The highest BCUT2D eigenvalue weighted by Gasteiger charge is 2.25. The summed E-state index contributed by atoms with van der Waals surface area (Å²) >= 11 is 0. The van der Waals surface area contributed by atoms with Crippen LogP contribution in [0.4, 0.5) is 4.39 Å². The highest BCUT2D eigenvalue weighted by molar-refractivity contribution is 5.21. The van der Waals surface area contributed by atoms with E-state index in [4.69, 9.17) is 4.74 Å². The highest BCUT2D eigenvalue weighted by Crippen LogP contribution is 2.29. The van der Waals surface area contributed by atoms with Crippen LogP contribution < -0.4 is 5.32 Å². The third-order valence-corrected chi connectivity index (χ3v) is 3.96. The van der Waals surface area contributed by atoms with E-state index in [-0.39, 0.29) is 5.82 Å². The molecular formula is C17H26FNO. The van der Waals surface area contributed by atoms with Gasteiger partial charge in [-0.2, -0.15) is 0 Å². The molecule has 0 amide bonds. The van der Waals surface area contributed by atoms with Gasteiger partial charge in [-0.05, 0) is 49.8 Å². The number of rotatable bonds is 6. The maximum atomic E-state index is 13.5. The summed E-state index contributed by atoms with van der Waals surface area (Å²) in [5.41, 5.74) is 1.07. The second kappa shape index (κ2) is 7.19. The molecule has 0 aromatic heterocycles. The van der Waals surface area contributed by atoms with Crippen LogP contribution in [-0.4, -0.2) is 24.8 Å². The van der Waals surface area contributed by atoms with Crippen LogP contribution in [0, 0.1) is 5.82 Å². The zero-order valence-corrected chi connectivity index (χ0v) is 12.7. The van der Waals surface area contributed by atoms with Crippen LogP contribution in [0.15, 0.2) is 24.3 Å². The van der Waals surface area contributed by atoms with Gasteiger partial charge < -0.3 is 10.1 Å². The predicted octanol–water partition coefficient (Wildman–Crippen LogP) is 3.86. The average molecular weight is 279 g/mol. The van der Waals surface area contributed by atoms with Gasteiger partial charge in [0.25, 0.3) is 0 Å². The quantitative estimate of drug-likeness (QED) is 0.853. The Labute approximate surface area is 121 Å². The number of nitrogens with one attached hydrogen (secondary N) is 1. The standard InChI is InChI=1S/C17H26FNO/c1-12(2)19-11-15(10-17-8-7-13(3)20-17)14-5-4-6-16(18)9-14/h4-6,9,12-13,15,17,19H,7-8,10-11H2,1-3H3. The fraction of sp³-hybridized carbons (Fsp3) is 0.647. The maximum Gasteiger partial charge on any atom is 0.123 e. The van der Waals surface area contributed by atoms with Crippen molar-refractivity contribution in [2.24, 2.45) is 0 Å². The Bertz CT molecular complexity index is 421. The highest BCUT2D eigenvalue weighted by atomic mass is 19.1. The molecule has 1 fully saturated rings. The van der Waals surface area contributed by atoms with Crippen molar-refractivity contribution in [1.82, 2.24) is 5.32 Å². The first-order valence-corrected chi connectivity index (χ1v) is 7.69. The molecule has 1 aliphatic heterocycles. The summed E-state index contributed by atoms with van der Waals surface area (Å²) in [5.74, 6) is 0.154. The van der Waals surface area contributed by atoms with E-state index in [1.807, 2.05) is 6.07 Å². The lowest BCUT2D eigenvalue weighted by molar-refractivity contribution is 0.0464. The van der Waals surface area contributed by atoms with E-state index in [0.29, 0.717) is 24.2 Å². The van der Waals surface area contributed by atoms with E-state index >= 15 is 0 Å². The Kier molecular flexibility index (Phi) is 5.55. The molecule has 1 N–H and O–H groups in total. The first-order chi connectivity index (χ1) is 9.54. The summed E-state index contributed by atoms with van der Waals surface area (Å²) in [4.78, 5) is 0. The van der Waals surface area contributed by atoms with Gasteiger partial charge in [0.05, 0.1) is 12.2 Å². The fourth-order valence-electron chi connectivity index (χ4n) is 2.85. The van der Waals surface area contributed by atoms with Crippen LogP contribution in [0.3, 0.4) is 0 Å². The molecule has 0 bridgehead atoms. The zero-order valence-electron chi connectivity index (χ0n) is 12.7. The van der Waals surface area contributed by atoms with Gasteiger partial charge in [-0.1, -0.05) is 26.0 Å². The van der Waals surface area contributed by atoms with E-state index in [9.17, 15) is 4.39 Å². The Morgan fingerprint density at radius 2 is 2.15 bits per heavy atom. The van der Waals surface area contributed by atoms with Crippen molar-refractivity contribution in [1.29, 1.82) is 0 Å². The lowest BCUT2D eigenvalue weighted by Gasteiger charge is -2.23. The molecule has 0 saturated carbocycles. The number of hydrogen-bond acceptors (Lipinski definition) is 2. The lowest BCUT2D eigenvalue weighted by Crippen LogP contribution is -2.29. The molecule has 2 rings (SSSR count). The average Bonchev–Trinajstić information content (AvgIpc) is 2.80. The van der Waals surface area contributed by atoms with E-state index in [1.54, 1.807) is 12.1 Å². The van der Waals surface area contributed by atoms with E-state index in [2.05, 4.69) is 26.1 Å². The monoisotopic (exact) mass is 279 g/mol. The molecule has 2 nitrogen and oxygen atoms in total. The Morgan fingerprint density at radius 3 is 2.75 bits per heavy atom. The molecule has 3 heteroatoms. The van der Waals surface area contributed by atoms with Gasteiger partial charge in [0.2, 0.25) is 0 Å². The molecule has 0 radical (unpaired) electrons. The summed E-state index contributed by atoms with van der Waals surface area (Å²) in [5, 5.41) is 3.47. The van der Waals surface area contributed by atoms with Gasteiger partial charge in [0.1, 0.15) is 5.82 Å². The minimum absolute atomic E-state index is 0.155. The van der Waals surface area contributed by atoms with Gasteiger partial charge in [-0.3, -0.25) is 0 Å². The molecule has 1 aromatic rings. The number of ether oxygens (including phenoxy) is 1. The van der Waals surface area contributed by atoms with Crippen molar-refractivity contribution in [2.75, 3.05) is 6.54 Å². The third-order valence-electron chi connectivity index (χ3n) is 3.96. The molecule has 1 aliphatic rings. The summed E-state index contributed by atoms with van der Waals surface area (Å²) in [6, 6.07) is 7.42. The van der Waals surface area contributed by atoms with Gasteiger partial charge in [0, 0.05) is 12.6 Å². The molecule has 1 aromatic carbocycles. The largest absolute Gasteiger partial charge is 0.375 e. The summed E-state index contributed by atoms with van der Waals surface area (Å²) in [7, 11) is 0. The minimum Gasteiger partial charge on any atom is -0.375 e. The fourth-order valence-corrected chi connectivity index (χ4v) is 2.85. The SMILES string of the molecule is CC(C)NCC(CC1CCC(C)O1)c1cccc(F)c1. The molecule has 3 atom stereocenters. The summed E-state index contributed by atoms with van der Waals surface area (Å²) in [6.07, 6.45) is 3.90. The number of benzene rings is 1. The van der Waals surface area contributed by atoms with Crippen molar-refractivity contribution < 1.29 is 9.13 Å². The van der Waals surface area contributed by atoms with Crippen molar-refractivity contribution in [3.05, 3.63) is 35.6 Å². The van der Waals surface area contributed by atoms with Crippen LogP contribution in [0.25, 0.3) is 0 Å². The van der Waals surface area contributed by atoms with Crippen LogP contribution >= 0.6 is 0 Å². The molecule has 20 heavy (non-hydrogen) atoms. The van der Waals surface area contributed by atoms with Gasteiger partial charge in [-0.15, -0.1) is 0 Å². The van der Waals surface area contributed by atoms with E-state index in [0.717, 1.165) is 31.4 Å². The second-order valence-corrected chi connectivity index (χ2v) is 6.20. The van der Waals surface area contributed by atoms with E-state index in [1.165, 1.54) is 6.07 Å². The number of hydrogen-bond donors (Lipinski definition) is 1. The van der Waals surface area contributed by atoms with Crippen molar-refractivity contribution in [3.63, 3.8) is 0 Å². The molecular weight excluding hydrogens is 253 g/mol. The Hall–Kier alpha value is -0.930. The van der Waals surface area contributed by atoms with Gasteiger partial charge in [0.15, 0.2) is 0 Å². The van der Waals surface area contributed by atoms with Crippen molar-refractivity contribution in [2.45, 2.75) is 64.2 Å². The smallest absolute Gasteiger partial charge is 0.123 e. The minimum atomic E-state index is -0.155. The van der Waals surface area contributed by atoms with Crippen molar-refractivity contribution in [3.8, 4) is 0 Å². The first kappa shape index (κ1) is 15.5. The molecule has 1 heterocycles.